The summed E-state index contributed by atoms with van der Waals surface area (Å²) in [6.45, 7) is 0.443. The molecule has 0 aliphatic rings. The van der Waals surface area contributed by atoms with Crippen molar-refractivity contribution >= 4 is 44.8 Å². The van der Waals surface area contributed by atoms with Crippen molar-refractivity contribution in [1.29, 1.82) is 0 Å². The molecule has 0 fully saturated rings. The van der Waals surface area contributed by atoms with E-state index in [2.05, 4.69) is 10.9 Å². The van der Waals surface area contributed by atoms with Crippen LogP contribution in [0, 0.1) is 0 Å². The fourth-order valence-electron chi connectivity index (χ4n) is 2.85. The lowest BCUT2D eigenvalue weighted by atomic mass is 10.2. The summed E-state index contributed by atoms with van der Waals surface area (Å²) in [5.41, 5.74) is 6.28. The van der Waals surface area contributed by atoms with E-state index < -0.39 is 11.8 Å². The minimum Gasteiger partial charge on any atom is -0.489 e. The number of thiophene rings is 1. The van der Waals surface area contributed by atoms with Crippen LogP contribution in [0.5, 0.6) is 5.75 Å². The summed E-state index contributed by atoms with van der Waals surface area (Å²) in [5.74, 6) is -0.246. The minimum absolute atomic E-state index is 0.350. The van der Waals surface area contributed by atoms with Crippen molar-refractivity contribution in [2.75, 3.05) is 0 Å². The van der Waals surface area contributed by atoms with E-state index in [0.717, 1.165) is 15.6 Å². The third kappa shape index (κ3) is 4.45. The first-order chi connectivity index (χ1) is 14.6. The number of ether oxygens (including phenoxy) is 1. The van der Waals surface area contributed by atoms with Crippen LogP contribution >= 0.6 is 22.9 Å². The van der Waals surface area contributed by atoms with E-state index >= 15 is 0 Å². The van der Waals surface area contributed by atoms with E-state index in [4.69, 9.17) is 16.3 Å². The molecule has 0 aliphatic carbocycles. The predicted octanol–water partition coefficient (Wildman–Crippen LogP) is 5.21. The van der Waals surface area contributed by atoms with E-state index in [1.54, 1.807) is 24.3 Å². The lowest BCUT2D eigenvalue weighted by Crippen LogP contribution is -2.41. The number of fused-ring (bicyclic) bond motifs is 1. The van der Waals surface area contributed by atoms with Crippen LogP contribution in [-0.2, 0) is 6.61 Å². The molecule has 0 unspecified atom stereocenters. The Labute approximate surface area is 182 Å². The summed E-state index contributed by atoms with van der Waals surface area (Å²) in [6.07, 6.45) is 0. The molecule has 0 atom stereocenters. The maximum atomic E-state index is 12.4. The Hall–Kier alpha value is -3.35. The van der Waals surface area contributed by atoms with Crippen molar-refractivity contribution in [3.8, 4) is 5.75 Å². The second-order valence-electron chi connectivity index (χ2n) is 6.45. The first-order valence-electron chi connectivity index (χ1n) is 9.16. The molecule has 150 valence electrons. The van der Waals surface area contributed by atoms with Gasteiger partial charge in [0, 0.05) is 15.6 Å². The molecule has 3 aromatic carbocycles. The number of nitrogens with one attached hydrogen (secondary N) is 2. The normalized spacial score (nSPS) is 10.6. The number of carbonyl (C=O) groups is 2. The Morgan fingerprint density at radius 1 is 0.833 bits per heavy atom. The molecule has 4 aromatic rings. The number of carbonyl (C=O) groups excluding carboxylic acids is 2. The third-order valence-electron chi connectivity index (χ3n) is 4.40. The summed E-state index contributed by atoms with van der Waals surface area (Å²) >= 11 is 7.57. The van der Waals surface area contributed by atoms with Crippen molar-refractivity contribution in [3.63, 3.8) is 0 Å². The Kier molecular flexibility index (Phi) is 5.97. The lowest BCUT2D eigenvalue weighted by molar-refractivity contribution is 0.0849. The minimum atomic E-state index is -0.461. The van der Waals surface area contributed by atoms with Gasteiger partial charge in [0.2, 0.25) is 0 Å². The molecule has 1 aromatic heterocycles. The summed E-state index contributed by atoms with van der Waals surface area (Å²) < 4.78 is 6.62. The van der Waals surface area contributed by atoms with Crippen LogP contribution in [0.15, 0.2) is 78.9 Å². The Morgan fingerprint density at radius 3 is 2.23 bits per heavy atom. The molecule has 5 nitrogen and oxygen atoms in total. The molecule has 4 rings (SSSR count). The second kappa shape index (κ2) is 8.98. The van der Waals surface area contributed by atoms with Crippen LogP contribution in [0.25, 0.3) is 10.1 Å². The summed E-state index contributed by atoms with van der Waals surface area (Å²) in [5, 5.41) is 1.19. The molecular formula is C23H17ClN2O3S. The predicted molar refractivity (Wildman–Crippen MR) is 119 cm³/mol. The highest BCUT2D eigenvalue weighted by Gasteiger charge is 2.17. The topological polar surface area (TPSA) is 67.4 Å². The van der Waals surface area contributed by atoms with Gasteiger partial charge in [0.05, 0.1) is 5.02 Å². The molecule has 0 saturated carbocycles. The van der Waals surface area contributed by atoms with Gasteiger partial charge in [-0.1, -0.05) is 60.1 Å². The van der Waals surface area contributed by atoms with Crippen LogP contribution in [0.1, 0.15) is 25.6 Å². The first-order valence-corrected chi connectivity index (χ1v) is 10.4. The zero-order chi connectivity index (χ0) is 20.9. The van der Waals surface area contributed by atoms with Gasteiger partial charge < -0.3 is 4.74 Å². The molecule has 2 amide bonds. The molecule has 30 heavy (non-hydrogen) atoms. The van der Waals surface area contributed by atoms with Gasteiger partial charge in [-0.15, -0.1) is 11.3 Å². The number of halogens is 1. The maximum Gasteiger partial charge on any atom is 0.281 e. The number of rotatable bonds is 5. The number of hydrogen-bond acceptors (Lipinski definition) is 4. The van der Waals surface area contributed by atoms with Crippen LogP contribution in [0.4, 0.5) is 0 Å². The SMILES string of the molecule is O=C(NNC(=O)c1sc2ccccc2c1Cl)c1ccc(OCc2ccccc2)cc1. The average molecular weight is 437 g/mol. The largest absolute Gasteiger partial charge is 0.489 e. The van der Waals surface area contributed by atoms with Crippen molar-refractivity contribution in [1.82, 2.24) is 10.9 Å². The van der Waals surface area contributed by atoms with E-state index in [-0.39, 0.29) is 0 Å². The summed E-state index contributed by atoms with van der Waals surface area (Å²) in [6, 6.07) is 24.0. The van der Waals surface area contributed by atoms with E-state index in [1.807, 2.05) is 54.6 Å². The molecule has 7 heteroatoms. The van der Waals surface area contributed by atoms with Gasteiger partial charge >= 0.3 is 0 Å². The van der Waals surface area contributed by atoms with Crippen molar-refractivity contribution < 1.29 is 14.3 Å². The molecule has 0 saturated heterocycles. The van der Waals surface area contributed by atoms with Gasteiger partial charge in [0.15, 0.2) is 0 Å². The number of amides is 2. The van der Waals surface area contributed by atoms with Crippen molar-refractivity contribution in [3.05, 3.63) is 99.9 Å². The van der Waals surface area contributed by atoms with E-state index in [9.17, 15) is 9.59 Å². The van der Waals surface area contributed by atoms with Gasteiger partial charge in [0.1, 0.15) is 17.2 Å². The molecule has 0 spiro atoms. The quantitative estimate of drug-likeness (QED) is 0.422. The van der Waals surface area contributed by atoms with Gasteiger partial charge in [-0.25, -0.2) is 0 Å². The summed E-state index contributed by atoms with van der Waals surface area (Å²) in [7, 11) is 0. The zero-order valence-corrected chi connectivity index (χ0v) is 17.3. The Balaban J connectivity index is 1.34. The summed E-state index contributed by atoms with van der Waals surface area (Å²) in [4.78, 5) is 25.1. The van der Waals surface area contributed by atoms with Crippen LogP contribution < -0.4 is 15.6 Å². The molecule has 0 bridgehead atoms. The van der Waals surface area contributed by atoms with Gasteiger partial charge in [-0.2, -0.15) is 0 Å². The highest BCUT2D eigenvalue weighted by Crippen LogP contribution is 2.34. The number of hydrogen-bond donors (Lipinski definition) is 2. The van der Waals surface area contributed by atoms with Gasteiger partial charge in [0.25, 0.3) is 11.8 Å². The fourth-order valence-corrected chi connectivity index (χ4v) is 4.26. The van der Waals surface area contributed by atoms with Gasteiger partial charge in [-0.3, -0.25) is 20.4 Å². The van der Waals surface area contributed by atoms with Crippen LogP contribution in [-0.4, -0.2) is 11.8 Å². The molecule has 0 radical (unpaired) electrons. The van der Waals surface area contributed by atoms with Crippen LogP contribution in [0.3, 0.4) is 0 Å². The van der Waals surface area contributed by atoms with Crippen molar-refractivity contribution in [2.24, 2.45) is 0 Å². The monoisotopic (exact) mass is 436 g/mol. The first kappa shape index (κ1) is 19.9. The fraction of sp³-hybridized carbons (Fsp3) is 0.0435. The Morgan fingerprint density at radius 2 is 1.50 bits per heavy atom. The highest BCUT2D eigenvalue weighted by molar-refractivity contribution is 7.21. The standard InChI is InChI=1S/C23H17ClN2O3S/c24-20-18-8-4-5-9-19(18)30-21(20)23(28)26-25-22(27)16-10-12-17(13-11-16)29-14-15-6-2-1-3-7-15/h1-13H,14H2,(H,25,27)(H,26,28). The molecule has 0 aliphatic heterocycles. The second-order valence-corrected chi connectivity index (χ2v) is 7.88. The van der Waals surface area contributed by atoms with Crippen LogP contribution in [0.2, 0.25) is 5.02 Å². The maximum absolute atomic E-state index is 12.4. The number of benzene rings is 3. The zero-order valence-electron chi connectivity index (χ0n) is 15.7. The lowest BCUT2D eigenvalue weighted by Gasteiger charge is -2.09. The third-order valence-corrected chi connectivity index (χ3v) is 6.07. The number of hydrazine groups is 1. The molecule has 2 N–H and O–H groups in total. The average Bonchev–Trinajstić information content (AvgIpc) is 3.13. The Bertz CT molecular complexity index is 1190. The highest BCUT2D eigenvalue weighted by atomic mass is 35.5. The smallest absolute Gasteiger partial charge is 0.281 e. The molecular weight excluding hydrogens is 420 g/mol. The molecule has 1 heterocycles. The van der Waals surface area contributed by atoms with Crippen molar-refractivity contribution in [2.45, 2.75) is 6.61 Å². The van der Waals surface area contributed by atoms with Gasteiger partial charge in [-0.05, 0) is 35.9 Å². The van der Waals surface area contributed by atoms with E-state index in [1.165, 1.54) is 11.3 Å². The van der Waals surface area contributed by atoms with E-state index in [0.29, 0.717) is 27.8 Å².